The van der Waals surface area contributed by atoms with Crippen molar-refractivity contribution in [1.29, 1.82) is 0 Å². The lowest BCUT2D eigenvalue weighted by Crippen LogP contribution is -2.20. The Morgan fingerprint density at radius 2 is 2.00 bits per heavy atom. The van der Waals surface area contributed by atoms with Gasteiger partial charge in [-0.15, -0.1) is 0 Å². The highest BCUT2D eigenvalue weighted by molar-refractivity contribution is 9.10. The lowest BCUT2D eigenvalue weighted by Gasteiger charge is -2.09. The van der Waals surface area contributed by atoms with Crippen LogP contribution in [0.3, 0.4) is 0 Å². The Labute approximate surface area is 123 Å². The lowest BCUT2D eigenvalue weighted by molar-refractivity contribution is -0.142. The van der Waals surface area contributed by atoms with E-state index in [2.05, 4.69) is 20.7 Å². The van der Waals surface area contributed by atoms with Crippen molar-refractivity contribution in [1.82, 2.24) is 0 Å². The van der Waals surface area contributed by atoms with Gasteiger partial charge >= 0.3 is 5.97 Å². The van der Waals surface area contributed by atoms with Crippen molar-refractivity contribution in [2.45, 2.75) is 13.3 Å². The highest BCUT2D eigenvalue weighted by Crippen LogP contribution is 2.24. The molecule has 0 radical (unpaired) electrons. The number of carbonyl (C=O) groups is 1. The molecule has 20 heavy (non-hydrogen) atoms. The van der Waals surface area contributed by atoms with E-state index in [9.17, 15) is 22.0 Å². The van der Waals surface area contributed by atoms with Crippen LogP contribution in [0.25, 0.3) is 0 Å². The Hall–Kier alpha value is -1.22. The summed E-state index contributed by atoms with van der Waals surface area (Å²) in [5.41, 5.74) is -0.519. The maximum Gasteiger partial charge on any atom is 0.306 e. The molecule has 0 aromatic heterocycles. The number of carbonyl (C=O) groups excluding carboxylic acids is 1. The molecule has 0 aliphatic rings. The molecule has 0 fully saturated rings. The maximum atomic E-state index is 13.5. The minimum Gasteiger partial charge on any atom is -0.466 e. The van der Waals surface area contributed by atoms with E-state index in [1.54, 1.807) is 6.92 Å². The van der Waals surface area contributed by atoms with Crippen molar-refractivity contribution in [3.8, 4) is 0 Å². The van der Waals surface area contributed by atoms with Crippen LogP contribution in [-0.2, 0) is 19.6 Å². The Morgan fingerprint density at radius 1 is 1.35 bits per heavy atom. The largest absolute Gasteiger partial charge is 0.466 e. The van der Waals surface area contributed by atoms with Gasteiger partial charge in [0.15, 0.2) is 0 Å². The van der Waals surface area contributed by atoms with Gasteiger partial charge in [0.2, 0.25) is 10.0 Å². The molecule has 0 saturated carbocycles. The molecular formula is C11H12BrF2NO4S. The first-order valence-corrected chi connectivity index (χ1v) is 8.00. The number of rotatable bonds is 6. The zero-order chi connectivity index (χ0) is 15.3. The molecule has 9 heteroatoms. The number of halogens is 3. The third-order valence-electron chi connectivity index (χ3n) is 2.16. The van der Waals surface area contributed by atoms with Gasteiger partial charge in [0.1, 0.15) is 11.6 Å². The molecule has 112 valence electrons. The van der Waals surface area contributed by atoms with Gasteiger partial charge in [0, 0.05) is 6.07 Å². The number of ether oxygens (including phenoxy) is 1. The number of sulfonamides is 1. The van der Waals surface area contributed by atoms with E-state index >= 15 is 0 Å². The van der Waals surface area contributed by atoms with Crippen molar-refractivity contribution in [3.63, 3.8) is 0 Å². The van der Waals surface area contributed by atoms with E-state index < -0.39 is 39.1 Å². The third-order valence-corrected chi connectivity index (χ3v) is 4.04. The highest BCUT2D eigenvalue weighted by atomic mass is 79.9. The minimum atomic E-state index is -3.97. The second-order valence-electron chi connectivity index (χ2n) is 3.72. The molecule has 0 aliphatic carbocycles. The summed E-state index contributed by atoms with van der Waals surface area (Å²) in [5.74, 6) is -3.00. The normalized spacial score (nSPS) is 11.2. The highest BCUT2D eigenvalue weighted by Gasteiger charge is 2.17. The second kappa shape index (κ2) is 6.98. The van der Waals surface area contributed by atoms with E-state index in [4.69, 9.17) is 0 Å². The van der Waals surface area contributed by atoms with Crippen LogP contribution in [0, 0.1) is 11.6 Å². The van der Waals surface area contributed by atoms with E-state index in [-0.39, 0.29) is 17.5 Å². The van der Waals surface area contributed by atoms with Crippen molar-refractivity contribution in [2.75, 3.05) is 17.1 Å². The number of esters is 1. The predicted octanol–water partition coefficient (Wildman–Crippen LogP) is 2.42. The Morgan fingerprint density at radius 3 is 2.60 bits per heavy atom. The molecule has 0 saturated heterocycles. The van der Waals surface area contributed by atoms with Crippen molar-refractivity contribution < 1.29 is 26.7 Å². The maximum absolute atomic E-state index is 13.5. The predicted molar refractivity (Wildman–Crippen MR) is 72.7 cm³/mol. The van der Waals surface area contributed by atoms with Crippen LogP contribution in [0.4, 0.5) is 14.5 Å². The van der Waals surface area contributed by atoms with E-state index in [1.807, 2.05) is 4.72 Å². The van der Waals surface area contributed by atoms with Crippen LogP contribution in [0.15, 0.2) is 16.6 Å². The van der Waals surface area contributed by atoms with Crippen LogP contribution >= 0.6 is 15.9 Å². The topological polar surface area (TPSA) is 72.5 Å². The first-order valence-electron chi connectivity index (χ1n) is 5.56. The van der Waals surface area contributed by atoms with Crippen LogP contribution < -0.4 is 4.72 Å². The average Bonchev–Trinajstić information content (AvgIpc) is 2.34. The summed E-state index contributed by atoms with van der Waals surface area (Å²) >= 11 is 2.77. The van der Waals surface area contributed by atoms with Gasteiger partial charge in [-0.25, -0.2) is 17.2 Å². The van der Waals surface area contributed by atoms with Gasteiger partial charge in [-0.2, -0.15) is 0 Å². The molecule has 0 spiro atoms. The molecule has 1 N–H and O–H groups in total. The van der Waals surface area contributed by atoms with Gasteiger partial charge in [-0.05, 0) is 28.9 Å². The molecule has 0 amide bonds. The molecule has 0 atom stereocenters. The summed E-state index contributed by atoms with van der Waals surface area (Å²) in [6, 6.07) is 1.51. The van der Waals surface area contributed by atoms with Crippen molar-refractivity contribution >= 4 is 37.6 Å². The third kappa shape index (κ3) is 5.04. The van der Waals surface area contributed by atoms with Gasteiger partial charge < -0.3 is 4.74 Å². The summed E-state index contributed by atoms with van der Waals surface area (Å²) in [7, 11) is -3.97. The summed E-state index contributed by atoms with van der Waals surface area (Å²) < 4.78 is 56.3. The Kier molecular flexibility index (Phi) is 5.88. The lowest BCUT2D eigenvalue weighted by atomic mass is 10.3. The van der Waals surface area contributed by atoms with E-state index in [1.165, 1.54) is 0 Å². The van der Waals surface area contributed by atoms with Crippen molar-refractivity contribution in [3.05, 3.63) is 28.2 Å². The minimum absolute atomic E-state index is 0.121. The molecular weight excluding hydrogens is 360 g/mol. The second-order valence-corrected chi connectivity index (χ2v) is 6.42. The summed E-state index contributed by atoms with van der Waals surface area (Å²) in [5, 5.41) is 0. The molecule has 1 rings (SSSR count). The van der Waals surface area contributed by atoms with Crippen LogP contribution in [0.2, 0.25) is 0 Å². The first-order chi connectivity index (χ1) is 9.25. The van der Waals surface area contributed by atoms with Crippen LogP contribution in [-0.4, -0.2) is 26.7 Å². The zero-order valence-electron chi connectivity index (χ0n) is 10.5. The zero-order valence-corrected chi connectivity index (χ0v) is 12.9. The number of nitrogens with one attached hydrogen (secondary N) is 1. The standard InChI is InChI=1S/C11H12BrF2NO4S/c1-2-19-11(16)3-4-20(17,18)15-10-6-8(13)7(12)5-9(10)14/h5-6,15H,2-4H2,1H3. The smallest absolute Gasteiger partial charge is 0.306 e. The fourth-order valence-corrected chi connectivity index (χ4v) is 2.61. The van der Waals surface area contributed by atoms with Gasteiger partial charge in [-0.1, -0.05) is 0 Å². The Bertz CT molecular complexity index is 607. The Balaban J connectivity index is 2.76. The van der Waals surface area contributed by atoms with E-state index in [0.717, 1.165) is 6.07 Å². The molecule has 0 bridgehead atoms. The average molecular weight is 372 g/mol. The van der Waals surface area contributed by atoms with Gasteiger partial charge in [-0.3, -0.25) is 9.52 Å². The molecule has 5 nitrogen and oxygen atoms in total. The van der Waals surface area contributed by atoms with Crippen LogP contribution in [0.5, 0.6) is 0 Å². The molecule has 1 aromatic carbocycles. The fraction of sp³-hybridized carbons (Fsp3) is 0.364. The summed E-state index contributed by atoms with van der Waals surface area (Å²) in [4.78, 5) is 11.1. The van der Waals surface area contributed by atoms with E-state index in [0.29, 0.717) is 6.07 Å². The molecule has 0 heterocycles. The summed E-state index contributed by atoms with van der Waals surface area (Å²) in [6.45, 7) is 1.73. The number of benzene rings is 1. The monoisotopic (exact) mass is 371 g/mol. The van der Waals surface area contributed by atoms with Crippen LogP contribution in [0.1, 0.15) is 13.3 Å². The number of anilines is 1. The fourth-order valence-electron chi connectivity index (χ4n) is 1.27. The molecule has 0 unspecified atom stereocenters. The molecule has 1 aromatic rings. The SMILES string of the molecule is CCOC(=O)CCS(=O)(=O)Nc1cc(F)c(Br)cc1F. The van der Waals surface area contributed by atoms with Gasteiger partial charge in [0.05, 0.1) is 28.9 Å². The first kappa shape index (κ1) is 16.8. The summed E-state index contributed by atoms with van der Waals surface area (Å²) in [6.07, 6.45) is -0.371. The number of hydrogen-bond donors (Lipinski definition) is 1. The number of hydrogen-bond acceptors (Lipinski definition) is 4. The molecule has 0 aliphatic heterocycles. The quantitative estimate of drug-likeness (QED) is 0.615. The van der Waals surface area contributed by atoms with Crippen molar-refractivity contribution in [2.24, 2.45) is 0 Å². The van der Waals surface area contributed by atoms with Gasteiger partial charge in [0.25, 0.3) is 0 Å².